The SMILES string of the molecule is CS(=O)CCCNC(=O)C1(CN)CCC1. The molecule has 1 atom stereocenters. The topological polar surface area (TPSA) is 72.2 Å². The molecule has 5 heteroatoms. The molecule has 0 aromatic heterocycles. The number of carbonyl (C=O) groups is 1. The van der Waals surface area contributed by atoms with Gasteiger partial charge in [-0.3, -0.25) is 9.00 Å². The summed E-state index contributed by atoms with van der Waals surface area (Å²) in [5.41, 5.74) is 5.33. The van der Waals surface area contributed by atoms with Crippen LogP contribution in [0.1, 0.15) is 25.7 Å². The lowest BCUT2D eigenvalue weighted by atomic mass is 9.68. The molecule has 0 heterocycles. The molecule has 0 bridgehead atoms. The standard InChI is InChI=1S/C10H20N2O2S/c1-15(14)7-3-6-12-9(13)10(8-11)4-2-5-10/h2-8,11H2,1H3,(H,12,13). The average molecular weight is 232 g/mol. The van der Waals surface area contributed by atoms with Gasteiger partial charge in [0.2, 0.25) is 5.91 Å². The van der Waals surface area contributed by atoms with Crippen LogP contribution in [0.4, 0.5) is 0 Å². The molecule has 3 N–H and O–H groups in total. The fourth-order valence-electron chi connectivity index (χ4n) is 1.79. The Morgan fingerprint density at radius 1 is 1.53 bits per heavy atom. The van der Waals surface area contributed by atoms with Gasteiger partial charge in [0.1, 0.15) is 0 Å². The largest absolute Gasteiger partial charge is 0.356 e. The van der Waals surface area contributed by atoms with Gasteiger partial charge in [0.15, 0.2) is 0 Å². The molecule has 1 aliphatic carbocycles. The van der Waals surface area contributed by atoms with Gasteiger partial charge in [0.05, 0.1) is 5.41 Å². The van der Waals surface area contributed by atoms with Crippen molar-refractivity contribution < 1.29 is 9.00 Å². The lowest BCUT2D eigenvalue weighted by Crippen LogP contribution is -2.50. The number of amides is 1. The highest BCUT2D eigenvalue weighted by atomic mass is 32.2. The lowest BCUT2D eigenvalue weighted by Gasteiger charge is -2.39. The second-order valence-corrected chi connectivity index (χ2v) is 5.78. The summed E-state index contributed by atoms with van der Waals surface area (Å²) < 4.78 is 10.8. The monoisotopic (exact) mass is 232 g/mol. The maximum absolute atomic E-state index is 11.8. The fraction of sp³-hybridized carbons (Fsp3) is 0.900. The van der Waals surface area contributed by atoms with Gasteiger partial charge in [0.25, 0.3) is 0 Å². The highest BCUT2D eigenvalue weighted by Crippen LogP contribution is 2.39. The van der Waals surface area contributed by atoms with Crippen LogP contribution in [0.15, 0.2) is 0 Å². The molecule has 1 amide bonds. The first kappa shape index (κ1) is 12.6. The minimum Gasteiger partial charge on any atom is -0.356 e. The molecule has 1 fully saturated rings. The maximum atomic E-state index is 11.8. The molecule has 15 heavy (non-hydrogen) atoms. The zero-order chi connectivity index (χ0) is 11.3. The van der Waals surface area contributed by atoms with E-state index in [9.17, 15) is 9.00 Å². The van der Waals surface area contributed by atoms with E-state index in [1.807, 2.05) is 0 Å². The summed E-state index contributed by atoms with van der Waals surface area (Å²) in [7, 11) is -0.767. The third-order valence-corrected chi connectivity index (χ3v) is 3.94. The zero-order valence-corrected chi connectivity index (χ0v) is 10.1. The summed E-state index contributed by atoms with van der Waals surface area (Å²) >= 11 is 0. The molecule has 1 unspecified atom stereocenters. The third-order valence-electron chi connectivity index (χ3n) is 3.08. The number of carbonyl (C=O) groups excluding carboxylic acids is 1. The van der Waals surface area contributed by atoms with Crippen LogP contribution < -0.4 is 11.1 Å². The first-order valence-electron chi connectivity index (χ1n) is 5.39. The molecular formula is C10H20N2O2S. The summed E-state index contributed by atoms with van der Waals surface area (Å²) in [6, 6.07) is 0. The van der Waals surface area contributed by atoms with Crippen molar-refractivity contribution in [3.05, 3.63) is 0 Å². The van der Waals surface area contributed by atoms with Crippen molar-refractivity contribution in [2.45, 2.75) is 25.7 Å². The van der Waals surface area contributed by atoms with Crippen molar-refractivity contribution in [3.63, 3.8) is 0 Å². The van der Waals surface area contributed by atoms with Gasteiger partial charge in [-0.25, -0.2) is 0 Å². The van der Waals surface area contributed by atoms with E-state index in [1.54, 1.807) is 6.26 Å². The molecule has 0 aromatic rings. The number of hydrogen-bond donors (Lipinski definition) is 2. The van der Waals surface area contributed by atoms with Crippen LogP contribution in [0.2, 0.25) is 0 Å². The summed E-state index contributed by atoms with van der Waals surface area (Å²) in [6.45, 7) is 1.05. The highest BCUT2D eigenvalue weighted by Gasteiger charge is 2.42. The van der Waals surface area contributed by atoms with Gasteiger partial charge in [0, 0.05) is 35.9 Å². The smallest absolute Gasteiger partial charge is 0.227 e. The highest BCUT2D eigenvalue weighted by molar-refractivity contribution is 7.84. The number of nitrogens with two attached hydrogens (primary N) is 1. The van der Waals surface area contributed by atoms with Crippen molar-refractivity contribution in [1.29, 1.82) is 0 Å². The van der Waals surface area contributed by atoms with Gasteiger partial charge in [-0.15, -0.1) is 0 Å². The van der Waals surface area contributed by atoms with Crippen molar-refractivity contribution in [2.75, 3.05) is 25.1 Å². The summed E-state index contributed by atoms with van der Waals surface area (Å²) in [6.07, 6.45) is 5.37. The predicted octanol–water partition coefficient (Wildman–Crippen LogP) is 0.000200. The van der Waals surface area contributed by atoms with Crippen molar-refractivity contribution in [3.8, 4) is 0 Å². The molecule has 4 nitrogen and oxygen atoms in total. The van der Waals surface area contributed by atoms with Gasteiger partial charge in [-0.1, -0.05) is 6.42 Å². The molecule has 0 radical (unpaired) electrons. The molecule has 1 rings (SSSR count). The number of nitrogens with one attached hydrogen (secondary N) is 1. The van der Waals surface area contributed by atoms with E-state index in [0.29, 0.717) is 18.8 Å². The Balaban J connectivity index is 2.21. The van der Waals surface area contributed by atoms with E-state index >= 15 is 0 Å². The Bertz CT molecular complexity index is 246. The van der Waals surface area contributed by atoms with E-state index in [1.165, 1.54) is 0 Å². The normalized spacial score (nSPS) is 20.4. The van der Waals surface area contributed by atoms with Crippen LogP contribution in [-0.2, 0) is 15.6 Å². The van der Waals surface area contributed by atoms with Gasteiger partial charge < -0.3 is 11.1 Å². The zero-order valence-electron chi connectivity index (χ0n) is 9.25. The van der Waals surface area contributed by atoms with Crippen LogP contribution in [0.5, 0.6) is 0 Å². The molecule has 1 aliphatic rings. The van der Waals surface area contributed by atoms with Crippen molar-refractivity contribution in [1.82, 2.24) is 5.32 Å². The summed E-state index contributed by atoms with van der Waals surface area (Å²) in [4.78, 5) is 11.8. The van der Waals surface area contributed by atoms with Crippen molar-refractivity contribution >= 4 is 16.7 Å². The van der Waals surface area contributed by atoms with E-state index in [4.69, 9.17) is 5.73 Å². The fourth-order valence-corrected chi connectivity index (χ4v) is 2.34. The molecule has 0 aliphatic heterocycles. The van der Waals surface area contributed by atoms with E-state index < -0.39 is 10.8 Å². The maximum Gasteiger partial charge on any atom is 0.227 e. The average Bonchev–Trinajstić information content (AvgIpc) is 2.11. The van der Waals surface area contributed by atoms with E-state index in [2.05, 4.69) is 5.32 Å². The Hall–Kier alpha value is -0.420. The van der Waals surface area contributed by atoms with E-state index in [0.717, 1.165) is 25.7 Å². The number of hydrogen-bond acceptors (Lipinski definition) is 3. The van der Waals surface area contributed by atoms with Gasteiger partial charge in [-0.05, 0) is 19.3 Å². The Kier molecular flexibility index (Phi) is 4.73. The first-order chi connectivity index (χ1) is 7.10. The molecular weight excluding hydrogens is 212 g/mol. The Labute approximate surface area is 93.4 Å². The van der Waals surface area contributed by atoms with Crippen LogP contribution >= 0.6 is 0 Å². The van der Waals surface area contributed by atoms with Crippen LogP contribution in [0.25, 0.3) is 0 Å². The number of rotatable bonds is 6. The van der Waals surface area contributed by atoms with Crippen LogP contribution in [-0.4, -0.2) is 35.2 Å². The lowest BCUT2D eigenvalue weighted by molar-refractivity contribution is -0.135. The minimum atomic E-state index is -0.767. The quantitative estimate of drug-likeness (QED) is 0.633. The molecule has 0 aromatic carbocycles. The minimum absolute atomic E-state index is 0.0816. The van der Waals surface area contributed by atoms with Crippen LogP contribution in [0, 0.1) is 5.41 Å². The summed E-state index contributed by atoms with van der Waals surface area (Å²) in [5.74, 6) is 0.730. The summed E-state index contributed by atoms with van der Waals surface area (Å²) in [5, 5.41) is 2.88. The Morgan fingerprint density at radius 3 is 2.60 bits per heavy atom. The third kappa shape index (κ3) is 3.28. The molecule has 0 spiro atoms. The van der Waals surface area contributed by atoms with E-state index in [-0.39, 0.29) is 11.3 Å². The molecule has 0 saturated heterocycles. The first-order valence-corrected chi connectivity index (χ1v) is 7.12. The second-order valence-electron chi connectivity index (χ2n) is 4.22. The van der Waals surface area contributed by atoms with Crippen LogP contribution in [0.3, 0.4) is 0 Å². The van der Waals surface area contributed by atoms with Crippen molar-refractivity contribution in [2.24, 2.45) is 11.1 Å². The molecule has 1 saturated carbocycles. The van der Waals surface area contributed by atoms with Gasteiger partial charge >= 0.3 is 0 Å². The predicted molar refractivity (Wildman–Crippen MR) is 61.9 cm³/mol. The Morgan fingerprint density at radius 2 is 2.20 bits per heavy atom. The molecule has 88 valence electrons. The second kappa shape index (κ2) is 5.61. The van der Waals surface area contributed by atoms with Gasteiger partial charge in [-0.2, -0.15) is 0 Å².